The highest BCUT2D eigenvalue weighted by Crippen LogP contribution is 2.29. The fraction of sp³-hybridized carbons (Fsp3) is 0.471. The highest BCUT2D eigenvalue weighted by atomic mass is 79.9. The Kier molecular flexibility index (Phi) is 4.83. The molecule has 0 saturated carbocycles. The number of aromatic nitrogens is 3. The van der Waals surface area contributed by atoms with Gasteiger partial charge in [0, 0.05) is 48.5 Å². The van der Waals surface area contributed by atoms with Gasteiger partial charge in [0.05, 0.1) is 0 Å². The summed E-state index contributed by atoms with van der Waals surface area (Å²) in [6.07, 6.45) is 1.40. The molecular formula is C17H22BrN5O3. The largest absolute Gasteiger partial charge is 0.444 e. The molecule has 3 heterocycles. The van der Waals surface area contributed by atoms with Crippen molar-refractivity contribution in [3.63, 3.8) is 0 Å². The summed E-state index contributed by atoms with van der Waals surface area (Å²) in [5, 5.41) is 10.2. The van der Waals surface area contributed by atoms with Gasteiger partial charge in [0.25, 0.3) is 5.56 Å². The van der Waals surface area contributed by atoms with Gasteiger partial charge in [-0.15, -0.1) is 0 Å². The van der Waals surface area contributed by atoms with E-state index in [1.807, 2.05) is 26.8 Å². The number of amides is 1. The number of pyridine rings is 1. The van der Waals surface area contributed by atoms with Crippen molar-refractivity contribution in [2.75, 3.05) is 18.4 Å². The number of carbonyl (C=O) groups excluding carboxylic acids is 1. The van der Waals surface area contributed by atoms with Crippen LogP contribution in [-0.4, -0.2) is 44.4 Å². The number of likely N-dealkylation sites (tertiary alicyclic amines) is 1. The molecule has 0 aromatic carbocycles. The van der Waals surface area contributed by atoms with Crippen LogP contribution in [-0.2, 0) is 11.8 Å². The SMILES string of the molecule is Cn1cc(Br)cc(Nc2cc(C3CN(C(=O)OC(C)(C)C)C3)[nH]n2)c1=O. The number of aryl methyl sites for hydroxylation is 1. The number of ether oxygens (including phenoxy) is 1. The first-order valence-electron chi connectivity index (χ1n) is 8.29. The Morgan fingerprint density at radius 1 is 1.38 bits per heavy atom. The first-order chi connectivity index (χ1) is 12.1. The summed E-state index contributed by atoms with van der Waals surface area (Å²) >= 11 is 3.37. The van der Waals surface area contributed by atoms with E-state index in [0.717, 1.165) is 10.2 Å². The van der Waals surface area contributed by atoms with Crippen molar-refractivity contribution in [1.29, 1.82) is 0 Å². The number of carbonyl (C=O) groups is 1. The first-order valence-corrected chi connectivity index (χ1v) is 9.08. The molecule has 8 nitrogen and oxygen atoms in total. The van der Waals surface area contributed by atoms with E-state index in [1.54, 1.807) is 24.2 Å². The van der Waals surface area contributed by atoms with Crippen LogP contribution in [0.2, 0.25) is 0 Å². The van der Waals surface area contributed by atoms with Crippen molar-refractivity contribution in [3.8, 4) is 0 Å². The van der Waals surface area contributed by atoms with Crippen molar-refractivity contribution < 1.29 is 9.53 Å². The predicted molar refractivity (Wildman–Crippen MR) is 102 cm³/mol. The standard InChI is InChI=1S/C17H22BrN5O3/c1-17(2,3)26-16(25)23-7-10(8-23)12-6-14(21-20-12)19-13-5-11(18)9-22(4)15(13)24/h5-6,9-10H,7-8H2,1-4H3,(H2,19,20,21). The van der Waals surface area contributed by atoms with E-state index in [1.165, 1.54) is 4.57 Å². The summed E-state index contributed by atoms with van der Waals surface area (Å²) < 4.78 is 7.64. The Bertz CT molecular complexity index is 877. The minimum absolute atomic E-state index is 0.141. The Hall–Kier alpha value is -2.29. The number of halogens is 1. The van der Waals surface area contributed by atoms with E-state index in [-0.39, 0.29) is 17.6 Å². The highest BCUT2D eigenvalue weighted by molar-refractivity contribution is 9.10. The fourth-order valence-electron chi connectivity index (χ4n) is 2.66. The van der Waals surface area contributed by atoms with Gasteiger partial charge in [-0.3, -0.25) is 9.89 Å². The molecule has 140 valence electrons. The Morgan fingerprint density at radius 3 is 2.73 bits per heavy atom. The Morgan fingerprint density at radius 2 is 2.08 bits per heavy atom. The summed E-state index contributed by atoms with van der Waals surface area (Å²) in [5.41, 5.74) is 0.712. The van der Waals surface area contributed by atoms with Gasteiger partial charge in [-0.05, 0) is 42.8 Å². The third-order valence-electron chi connectivity index (χ3n) is 3.98. The highest BCUT2D eigenvalue weighted by Gasteiger charge is 2.35. The number of hydrogen-bond donors (Lipinski definition) is 2. The van der Waals surface area contributed by atoms with Crippen LogP contribution in [0.4, 0.5) is 16.3 Å². The minimum atomic E-state index is -0.497. The van der Waals surface area contributed by atoms with Crippen molar-refractivity contribution in [2.45, 2.75) is 32.3 Å². The first kappa shape index (κ1) is 18.5. The van der Waals surface area contributed by atoms with Gasteiger partial charge in [0.15, 0.2) is 5.82 Å². The summed E-state index contributed by atoms with van der Waals surface area (Å²) in [7, 11) is 1.69. The normalized spacial score (nSPS) is 14.9. The van der Waals surface area contributed by atoms with Crippen molar-refractivity contribution in [3.05, 3.63) is 38.9 Å². The van der Waals surface area contributed by atoms with Gasteiger partial charge in [-0.2, -0.15) is 5.10 Å². The fourth-order valence-corrected chi connectivity index (χ4v) is 3.19. The van der Waals surface area contributed by atoms with E-state index in [9.17, 15) is 9.59 Å². The number of hydrogen-bond acceptors (Lipinski definition) is 5. The molecule has 1 aliphatic heterocycles. The van der Waals surface area contributed by atoms with Gasteiger partial charge < -0.3 is 19.5 Å². The quantitative estimate of drug-likeness (QED) is 0.791. The van der Waals surface area contributed by atoms with E-state index in [2.05, 4.69) is 31.4 Å². The Balaban J connectivity index is 1.62. The lowest BCUT2D eigenvalue weighted by Crippen LogP contribution is -2.50. The molecule has 3 rings (SSSR count). The molecule has 1 fully saturated rings. The van der Waals surface area contributed by atoms with Gasteiger partial charge in [-0.25, -0.2) is 4.79 Å². The molecule has 0 radical (unpaired) electrons. The number of nitrogens with zero attached hydrogens (tertiary/aromatic N) is 3. The molecule has 1 saturated heterocycles. The molecule has 1 aliphatic rings. The van der Waals surface area contributed by atoms with Crippen LogP contribution < -0.4 is 10.9 Å². The molecule has 0 bridgehead atoms. The Labute approximate surface area is 159 Å². The number of nitrogens with one attached hydrogen (secondary N) is 2. The summed E-state index contributed by atoms with van der Waals surface area (Å²) in [6.45, 7) is 6.70. The van der Waals surface area contributed by atoms with Gasteiger partial charge in [-0.1, -0.05) is 0 Å². The zero-order valence-corrected chi connectivity index (χ0v) is 16.8. The molecule has 2 N–H and O–H groups in total. The maximum atomic E-state index is 12.1. The summed E-state index contributed by atoms with van der Waals surface area (Å²) in [4.78, 5) is 25.8. The molecule has 0 spiro atoms. The van der Waals surface area contributed by atoms with E-state index in [0.29, 0.717) is 24.6 Å². The molecule has 2 aromatic heterocycles. The lowest BCUT2D eigenvalue weighted by atomic mass is 9.97. The molecule has 26 heavy (non-hydrogen) atoms. The zero-order chi connectivity index (χ0) is 19.1. The molecule has 0 atom stereocenters. The van der Waals surface area contributed by atoms with Crippen molar-refractivity contribution in [2.24, 2.45) is 7.05 Å². The molecule has 2 aromatic rings. The van der Waals surface area contributed by atoms with Gasteiger partial charge in [0.1, 0.15) is 11.3 Å². The molecule has 0 unspecified atom stereocenters. The third kappa shape index (κ3) is 4.09. The van der Waals surface area contributed by atoms with Crippen LogP contribution in [0.3, 0.4) is 0 Å². The average molecular weight is 424 g/mol. The van der Waals surface area contributed by atoms with Gasteiger partial charge in [0.2, 0.25) is 0 Å². The second-order valence-corrected chi connectivity index (χ2v) is 8.32. The second-order valence-electron chi connectivity index (χ2n) is 7.40. The van der Waals surface area contributed by atoms with Crippen LogP contribution in [0.5, 0.6) is 0 Å². The molecule has 0 aliphatic carbocycles. The van der Waals surface area contributed by atoms with Crippen LogP contribution in [0.25, 0.3) is 0 Å². The zero-order valence-electron chi connectivity index (χ0n) is 15.2. The smallest absolute Gasteiger partial charge is 0.410 e. The number of aromatic amines is 1. The lowest BCUT2D eigenvalue weighted by Gasteiger charge is -2.39. The summed E-state index contributed by atoms with van der Waals surface area (Å²) in [5.74, 6) is 0.738. The topological polar surface area (TPSA) is 92.2 Å². The lowest BCUT2D eigenvalue weighted by molar-refractivity contribution is 0.00787. The second kappa shape index (κ2) is 6.79. The number of anilines is 2. The minimum Gasteiger partial charge on any atom is -0.444 e. The molecule has 1 amide bonds. The van der Waals surface area contributed by atoms with E-state index < -0.39 is 5.60 Å². The molecule has 9 heteroatoms. The predicted octanol–water partition coefficient (Wildman–Crippen LogP) is 2.95. The van der Waals surface area contributed by atoms with Crippen LogP contribution in [0.15, 0.2) is 27.6 Å². The molecular weight excluding hydrogens is 402 g/mol. The van der Waals surface area contributed by atoms with Crippen LogP contribution in [0, 0.1) is 0 Å². The van der Waals surface area contributed by atoms with Crippen molar-refractivity contribution in [1.82, 2.24) is 19.7 Å². The van der Waals surface area contributed by atoms with Gasteiger partial charge >= 0.3 is 6.09 Å². The summed E-state index contributed by atoms with van der Waals surface area (Å²) in [6, 6.07) is 3.57. The van der Waals surface area contributed by atoms with Crippen LogP contribution in [0.1, 0.15) is 32.4 Å². The monoisotopic (exact) mass is 423 g/mol. The maximum Gasteiger partial charge on any atom is 0.410 e. The third-order valence-corrected chi connectivity index (χ3v) is 4.42. The van der Waals surface area contributed by atoms with Crippen LogP contribution >= 0.6 is 15.9 Å². The number of rotatable bonds is 3. The van der Waals surface area contributed by atoms with E-state index >= 15 is 0 Å². The van der Waals surface area contributed by atoms with Crippen molar-refractivity contribution >= 4 is 33.5 Å². The van der Waals surface area contributed by atoms with E-state index in [4.69, 9.17) is 4.74 Å². The maximum absolute atomic E-state index is 12.1. The average Bonchev–Trinajstić information content (AvgIpc) is 2.88. The number of H-pyrrole nitrogens is 1.